The number of benzene rings is 1. The molecule has 2 N–H and O–H groups in total. The normalized spacial score (nSPS) is 13.1. The van der Waals surface area contributed by atoms with Crippen molar-refractivity contribution in [1.29, 1.82) is 0 Å². The first kappa shape index (κ1) is 12.5. The molecule has 0 saturated heterocycles. The highest BCUT2D eigenvalue weighted by atomic mass is 32.2. The first-order valence-corrected chi connectivity index (χ1v) is 6.11. The van der Waals surface area contributed by atoms with E-state index in [0.717, 1.165) is 0 Å². The topological polar surface area (TPSA) is 86.5 Å². The predicted octanol–water partition coefficient (Wildman–Crippen LogP) is 0.343. The van der Waals surface area contributed by atoms with Gasteiger partial charge in [0.05, 0.1) is 12.0 Å². The lowest BCUT2D eigenvalue weighted by molar-refractivity contribution is -0.117. The summed E-state index contributed by atoms with van der Waals surface area (Å²) in [7, 11) is -2.29. The van der Waals surface area contributed by atoms with Crippen molar-refractivity contribution in [2.24, 2.45) is 5.73 Å². The van der Waals surface area contributed by atoms with Crippen molar-refractivity contribution in [3.05, 3.63) is 24.3 Å². The lowest BCUT2D eigenvalue weighted by Crippen LogP contribution is -2.33. The average molecular weight is 243 g/mol. The van der Waals surface area contributed by atoms with E-state index in [-0.39, 0.29) is 4.90 Å². The van der Waals surface area contributed by atoms with Crippen molar-refractivity contribution >= 4 is 15.7 Å². The van der Waals surface area contributed by atoms with Crippen molar-refractivity contribution in [2.45, 2.75) is 17.1 Å². The molecule has 0 aliphatic heterocycles. The fourth-order valence-corrected chi connectivity index (χ4v) is 2.40. The van der Waals surface area contributed by atoms with E-state index in [1.807, 2.05) is 0 Å². The summed E-state index contributed by atoms with van der Waals surface area (Å²) < 4.78 is 28.7. The molecule has 6 heteroatoms. The van der Waals surface area contributed by atoms with Crippen LogP contribution in [0.2, 0.25) is 0 Å². The summed E-state index contributed by atoms with van der Waals surface area (Å²) in [6.45, 7) is 1.26. The van der Waals surface area contributed by atoms with Crippen LogP contribution in [0.4, 0.5) is 0 Å². The Balaban J connectivity index is 3.22. The second kappa shape index (κ2) is 4.52. The fourth-order valence-electron chi connectivity index (χ4n) is 1.14. The van der Waals surface area contributed by atoms with Gasteiger partial charge >= 0.3 is 0 Å². The van der Waals surface area contributed by atoms with Gasteiger partial charge in [-0.05, 0) is 25.1 Å². The molecule has 16 heavy (non-hydrogen) atoms. The van der Waals surface area contributed by atoms with Gasteiger partial charge < -0.3 is 10.5 Å². The maximum absolute atomic E-state index is 11.9. The maximum atomic E-state index is 11.9. The molecule has 0 spiro atoms. The Labute approximate surface area is 94.1 Å². The minimum atomic E-state index is -3.73. The second-order valence-corrected chi connectivity index (χ2v) is 5.54. The number of carbonyl (C=O) groups excluding carboxylic acids is 1. The number of hydrogen-bond acceptors (Lipinski definition) is 4. The Hall–Kier alpha value is -1.56. The Morgan fingerprint density at radius 3 is 2.56 bits per heavy atom. The van der Waals surface area contributed by atoms with Crippen LogP contribution in [0.1, 0.15) is 6.92 Å². The van der Waals surface area contributed by atoms with Crippen LogP contribution in [-0.2, 0) is 14.6 Å². The first-order valence-electron chi connectivity index (χ1n) is 4.57. The number of sulfone groups is 1. The van der Waals surface area contributed by atoms with Gasteiger partial charge in [0.15, 0.2) is 9.84 Å². The number of nitrogens with two attached hydrogens (primary N) is 1. The molecular formula is C10H13NO4S. The molecule has 88 valence electrons. The zero-order chi connectivity index (χ0) is 12.3. The van der Waals surface area contributed by atoms with E-state index < -0.39 is 21.0 Å². The van der Waals surface area contributed by atoms with Gasteiger partial charge in [0.2, 0.25) is 5.91 Å². The minimum Gasteiger partial charge on any atom is -0.497 e. The van der Waals surface area contributed by atoms with E-state index in [1.165, 1.54) is 26.2 Å². The highest BCUT2D eigenvalue weighted by Crippen LogP contribution is 2.20. The number of primary amides is 1. The Bertz CT molecular complexity index is 495. The first-order chi connectivity index (χ1) is 7.39. The standard InChI is InChI=1S/C10H13NO4S/c1-7(10(11)12)16(13,14)9-5-3-4-8(6-9)15-2/h3-7H,1-2H3,(H2,11,12). The molecule has 1 aromatic rings. The van der Waals surface area contributed by atoms with Crippen LogP contribution in [-0.4, -0.2) is 26.7 Å². The van der Waals surface area contributed by atoms with Gasteiger partial charge in [-0.2, -0.15) is 0 Å². The smallest absolute Gasteiger partial charge is 0.235 e. The molecule has 0 aromatic heterocycles. The number of hydrogen-bond donors (Lipinski definition) is 1. The van der Waals surface area contributed by atoms with Crippen LogP contribution in [0.25, 0.3) is 0 Å². The summed E-state index contributed by atoms with van der Waals surface area (Å²) in [4.78, 5) is 10.9. The fraction of sp³-hybridized carbons (Fsp3) is 0.300. The zero-order valence-corrected chi connectivity index (χ0v) is 9.82. The third kappa shape index (κ3) is 2.33. The van der Waals surface area contributed by atoms with Crippen LogP contribution in [0.3, 0.4) is 0 Å². The molecule has 5 nitrogen and oxygen atoms in total. The molecule has 0 saturated carbocycles. The lowest BCUT2D eigenvalue weighted by atomic mass is 10.3. The van der Waals surface area contributed by atoms with Gasteiger partial charge in [0, 0.05) is 0 Å². The van der Waals surface area contributed by atoms with E-state index in [0.29, 0.717) is 5.75 Å². The SMILES string of the molecule is COc1cccc(S(=O)(=O)C(C)C(N)=O)c1. The van der Waals surface area contributed by atoms with Crippen LogP contribution < -0.4 is 10.5 Å². The monoisotopic (exact) mass is 243 g/mol. The minimum absolute atomic E-state index is 0.0261. The summed E-state index contributed by atoms with van der Waals surface area (Å²) in [6.07, 6.45) is 0. The van der Waals surface area contributed by atoms with Crippen molar-refractivity contribution in [1.82, 2.24) is 0 Å². The molecule has 1 amide bonds. The van der Waals surface area contributed by atoms with E-state index >= 15 is 0 Å². The van der Waals surface area contributed by atoms with Gasteiger partial charge in [-0.25, -0.2) is 8.42 Å². The number of amides is 1. The molecule has 0 fully saturated rings. The molecule has 0 radical (unpaired) electrons. The van der Waals surface area contributed by atoms with Crippen LogP contribution in [0.15, 0.2) is 29.2 Å². The van der Waals surface area contributed by atoms with Crippen LogP contribution in [0, 0.1) is 0 Å². The third-order valence-corrected chi connectivity index (χ3v) is 4.31. The van der Waals surface area contributed by atoms with Crippen molar-refractivity contribution in [3.63, 3.8) is 0 Å². The van der Waals surface area contributed by atoms with E-state index in [2.05, 4.69) is 0 Å². The lowest BCUT2D eigenvalue weighted by Gasteiger charge is -2.10. The molecule has 0 bridgehead atoms. The summed E-state index contributed by atoms with van der Waals surface area (Å²) in [5.74, 6) is -0.458. The van der Waals surface area contributed by atoms with Gasteiger partial charge in [0.1, 0.15) is 11.0 Å². The van der Waals surface area contributed by atoms with Gasteiger partial charge in [-0.1, -0.05) is 6.07 Å². The van der Waals surface area contributed by atoms with Gasteiger partial charge in [-0.15, -0.1) is 0 Å². The summed E-state index contributed by atoms with van der Waals surface area (Å²) >= 11 is 0. The van der Waals surface area contributed by atoms with Gasteiger partial charge in [0.25, 0.3) is 0 Å². The second-order valence-electron chi connectivity index (χ2n) is 3.27. The third-order valence-electron chi connectivity index (χ3n) is 2.24. The summed E-state index contributed by atoms with van der Waals surface area (Å²) in [6, 6.07) is 5.92. The van der Waals surface area contributed by atoms with E-state index in [9.17, 15) is 13.2 Å². The number of methoxy groups -OCH3 is 1. The Kier molecular flexibility index (Phi) is 3.54. The number of carbonyl (C=O) groups is 1. The van der Waals surface area contributed by atoms with Gasteiger partial charge in [-0.3, -0.25) is 4.79 Å². The largest absolute Gasteiger partial charge is 0.497 e. The predicted molar refractivity (Wildman–Crippen MR) is 58.8 cm³/mol. The van der Waals surface area contributed by atoms with E-state index in [1.54, 1.807) is 12.1 Å². The molecular weight excluding hydrogens is 230 g/mol. The van der Waals surface area contributed by atoms with E-state index in [4.69, 9.17) is 10.5 Å². The molecule has 1 rings (SSSR count). The van der Waals surface area contributed by atoms with Crippen LogP contribution in [0.5, 0.6) is 5.75 Å². The highest BCUT2D eigenvalue weighted by molar-refractivity contribution is 7.92. The molecule has 0 aliphatic carbocycles. The molecule has 1 unspecified atom stereocenters. The molecule has 1 atom stereocenters. The molecule has 0 heterocycles. The van der Waals surface area contributed by atoms with Crippen molar-refractivity contribution in [2.75, 3.05) is 7.11 Å². The van der Waals surface area contributed by atoms with Crippen LogP contribution >= 0.6 is 0 Å². The summed E-state index contributed by atoms with van der Waals surface area (Å²) in [5, 5.41) is -1.25. The maximum Gasteiger partial charge on any atom is 0.235 e. The molecule has 0 aliphatic rings. The summed E-state index contributed by atoms with van der Waals surface area (Å²) in [5.41, 5.74) is 4.98. The van der Waals surface area contributed by atoms with Crippen molar-refractivity contribution in [3.8, 4) is 5.75 Å². The Morgan fingerprint density at radius 2 is 2.06 bits per heavy atom. The quantitative estimate of drug-likeness (QED) is 0.826. The highest BCUT2D eigenvalue weighted by Gasteiger charge is 2.28. The number of ether oxygens (including phenoxy) is 1. The average Bonchev–Trinajstić information content (AvgIpc) is 2.27. The molecule has 1 aromatic carbocycles. The zero-order valence-electron chi connectivity index (χ0n) is 9.01. The van der Waals surface area contributed by atoms with Crippen molar-refractivity contribution < 1.29 is 17.9 Å². The number of rotatable bonds is 4. The Morgan fingerprint density at radius 1 is 1.44 bits per heavy atom.